The molecule has 0 radical (unpaired) electrons. The van der Waals surface area contributed by atoms with Gasteiger partial charge in [-0.1, -0.05) is 12.1 Å². The molecule has 0 amide bonds. The second kappa shape index (κ2) is 4.61. The normalized spacial score (nSPS) is 19.7. The van der Waals surface area contributed by atoms with Crippen LogP contribution in [0.1, 0.15) is 24.8 Å². The first-order valence-electron chi connectivity index (χ1n) is 6.58. The molecule has 2 heterocycles. The number of para-hydroxylation sites is 1. The van der Waals surface area contributed by atoms with Gasteiger partial charge in [-0.05, 0) is 37.8 Å². The molecule has 96 valence electrons. The number of imidazole rings is 1. The van der Waals surface area contributed by atoms with Crippen molar-refractivity contribution in [1.82, 2.24) is 9.55 Å². The van der Waals surface area contributed by atoms with E-state index in [0.29, 0.717) is 12.1 Å². The van der Waals surface area contributed by atoms with Gasteiger partial charge < -0.3 is 15.0 Å². The molecule has 0 aliphatic carbocycles. The Labute approximate surface area is 107 Å². The van der Waals surface area contributed by atoms with Crippen molar-refractivity contribution in [3.63, 3.8) is 0 Å². The first-order valence-corrected chi connectivity index (χ1v) is 6.58. The quantitative estimate of drug-likeness (QED) is 0.904. The van der Waals surface area contributed by atoms with E-state index < -0.39 is 0 Å². The predicted octanol–water partition coefficient (Wildman–Crippen LogP) is 2.50. The van der Waals surface area contributed by atoms with E-state index in [4.69, 9.17) is 10.5 Å². The number of aryl methyl sites for hydroxylation is 2. The second-order valence-corrected chi connectivity index (χ2v) is 4.99. The van der Waals surface area contributed by atoms with E-state index in [1.54, 1.807) is 0 Å². The summed E-state index contributed by atoms with van der Waals surface area (Å²) in [7, 11) is 0. The highest BCUT2D eigenvalue weighted by Gasteiger charge is 2.17. The van der Waals surface area contributed by atoms with Gasteiger partial charge in [0.25, 0.3) is 0 Å². The molecule has 1 unspecified atom stereocenters. The molecule has 1 aromatic carbocycles. The number of nitrogen functional groups attached to an aromatic ring is 1. The number of nitrogens with zero attached hydrogens (tertiary/aromatic N) is 2. The average Bonchev–Trinajstić information content (AvgIpc) is 2.94. The third-order valence-corrected chi connectivity index (χ3v) is 3.70. The number of rotatable bonds is 3. The number of hydrogen-bond donors (Lipinski definition) is 1. The minimum absolute atomic E-state index is 0.394. The maximum atomic E-state index is 6.02. The van der Waals surface area contributed by atoms with E-state index in [1.165, 1.54) is 18.4 Å². The van der Waals surface area contributed by atoms with Gasteiger partial charge in [-0.25, -0.2) is 4.98 Å². The molecule has 18 heavy (non-hydrogen) atoms. The Kier molecular flexibility index (Phi) is 2.96. The number of ether oxygens (including phenoxy) is 1. The van der Waals surface area contributed by atoms with Crippen molar-refractivity contribution < 1.29 is 4.74 Å². The van der Waals surface area contributed by atoms with Crippen molar-refractivity contribution in [2.75, 3.05) is 12.3 Å². The van der Waals surface area contributed by atoms with Gasteiger partial charge in [-0.15, -0.1) is 0 Å². The standard InChI is InChI=1S/C14H19N3O/c1-10-4-2-6-12-13(10)17(14(15)16-12)8-7-11-5-3-9-18-11/h2,4,6,11H,3,5,7-9H2,1H3,(H2,15,16). The van der Waals surface area contributed by atoms with Gasteiger partial charge in [0.15, 0.2) is 0 Å². The SMILES string of the molecule is Cc1cccc2nc(N)n(CCC3CCCO3)c12. The Balaban J connectivity index is 1.88. The van der Waals surface area contributed by atoms with E-state index in [-0.39, 0.29) is 0 Å². The Morgan fingerprint density at radius 1 is 1.50 bits per heavy atom. The smallest absolute Gasteiger partial charge is 0.201 e. The molecule has 1 atom stereocenters. The molecule has 1 aliphatic rings. The molecule has 1 saturated heterocycles. The van der Waals surface area contributed by atoms with Gasteiger partial charge in [-0.2, -0.15) is 0 Å². The van der Waals surface area contributed by atoms with E-state index >= 15 is 0 Å². The predicted molar refractivity (Wildman–Crippen MR) is 72.5 cm³/mol. The fourth-order valence-electron chi connectivity index (χ4n) is 2.75. The van der Waals surface area contributed by atoms with E-state index in [0.717, 1.165) is 30.6 Å². The van der Waals surface area contributed by atoms with Crippen LogP contribution in [-0.4, -0.2) is 22.3 Å². The van der Waals surface area contributed by atoms with Crippen molar-refractivity contribution in [1.29, 1.82) is 0 Å². The molecule has 0 spiro atoms. The lowest BCUT2D eigenvalue weighted by Gasteiger charge is -2.12. The zero-order chi connectivity index (χ0) is 12.5. The number of nitrogens with two attached hydrogens (primary N) is 1. The maximum absolute atomic E-state index is 6.02. The van der Waals surface area contributed by atoms with Crippen molar-refractivity contribution in [2.45, 2.75) is 38.8 Å². The van der Waals surface area contributed by atoms with Gasteiger partial charge in [0.05, 0.1) is 17.1 Å². The summed E-state index contributed by atoms with van der Waals surface area (Å²) in [6, 6.07) is 6.14. The summed E-state index contributed by atoms with van der Waals surface area (Å²) < 4.78 is 7.78. The summed E-state index contributed by atoms with van der Waals surface area (Å²) >= 11 is 0. The summed E-state index contributed by atoms with van der Waals surface area (Å²) in [6.45, 7) is 3.90. The number of benzene rings is 1. The van der Waals surface area contributed by atoms with Crippen LogP contribution in [0.25, 0.3) is 11.0 Å². The summed E-state index contributed by atoms with van der Waals surface area (Å²) in [6.07, 6.45) is 3.77. The minimum Gasteiger partial charge on any atom is -0.378 e. The minimum atomic E-state index is 0.394. The first-order chi connectivity index (χ1) is 8.75. The molecule has 1 aromatic heterocycles. The number of fused-ring (bicyclic) bond motifs is 1. The average molecular weight is 245 g/mol. The molecule has 2 aromatic rings. The fraction of sp³-hybridized carbons (Fsp3) is 0.500. The van der Waals surface area contributed by atoms with Crippen LogP contribution >= 0.6 is 0 Å². The van der Waals surface area contributed by atoms with Crippen molar-refractivity contribution >= 4 is 17.0 Å². The molecule has 1 aliphatic heterocycles. The Bertz CT molecular complexity index is 555. The van der Waals surface area contributed by atoms with Gasteiger partial charge in [0.1, 0.15) is 0 Å². The summed E-state index contributed by atoms with van der Waals surface area (Å²) in [5.41, 5.74) is 9.39. The number of aromatic nitrogens is 2. The molecular formula is C14H19N3O. The Morgan fingerprint density at radius 3 is 3.17 bits per heavy atom. The van der Waals surface area contributed by atoms with Crippen LogP contribution in [0, 0.1) is 6.92 Å². The van der Waals surface area contributed by atoms with Crippen LogP contribution in [0.5, 0.6) is 0 Å². The summed E-state index contributed by atoms with van der Waals surface area (Å²) in [5, 5.41) is 0. The Morgan fingerprint density at radius 2 is 2.39 bits per heavy atom. The van der Waals surface area contributed by atoms with Gasteiger partial charge in [0, 0.05) is 13.2 Å². The summed E-state index contributed by atoms with van der Waals surface area (Å²) in [5.74, 6) is 0.609. The first kappa shape index (κ1) is 11.5. The molecule has 4 heteroatoms. The number of anilines is 1. The lowest BCUT2D eigenvalue weighted by molar-refractivity contribution is 0.101. The zero-order valence-corrected chi connectivity index (χ0v) is 10.7. The molecule has 0 bridgehead atoms. The Hall–Kier alpha value is -1.55. The second-order valence-electron chi connectivity index (χ2n) is 4.99. The van der Waals surface area contributed by atoms with Crippen LogP contribution in [-0.2, 0) is 11.3 Å². The topological polar surface area (TPSA) is 53.1 Å². The third-order valence-electron chi connectivity index (χ3n) is 3.70. The third kappa shape index (κ3) is 1.97. The van der Waals surface area contributed by atoms with E-state index in [2.05, 4.69) is 22.5 Å². The highest BCUT2D eigenvalue weighted by Crippen LogP contribution is 2.23. The highest BCUT2D eigenvalue weighted by atomic mass is 16.5. The zero-order valence-electron chi connectivity index (χ0n) is 10.7. The maximum Gasteiger partial charge on any atom is 0.201 e. The molecule has 2 N–H and O–H groups in total. The van der Waals surface area contributed by atoms with E-state index in [9.17, 15) is 0 Å². The van der Waals surface area contributed by atoms with Crippen LogP contribution < -0.4 is 5.73 Å². The molecule has 0 saturated carbocycles. The van der Waals surface area contributed by atoms with Crippen LogP contribution in [0.2, 0.25) is 0 Å². The molecule has 3 rings (SSSR count). The van der Waals surface area contributed by atoms with Crippen LogP contribution in [0.15, 0.2) is 18.2 Å². The molecule has 1 fully saturated rings. The van der Waals surface area contributed by atoms with Crippen LogP contribution in [0.3, 0.4) is 0 Å². The van der Waals surface area contributed by atoms with Crippen molar-refractivity contribution in [2.24, 2.45) is 0 Å². The largest absolute Gasteiger partial charge is 0.378 e. The van der Waals surface area contributed by atoms with Crippen LogP contribution in [0.4, 0.5) is 5.95 Å². The number of hydrogen-bond acceptors (Lipinski definition) is 3. The van der Waals surface area contributed by atoms with E-state index in [1.807, 2.05) is 12.1 Å². The monoisotopic (exact) mass is 245 g/mol. The molecular weight excluding hydrogens is 226 g/mol. The fourth-order valence-corrected chi connectivity index (χ4v) is 2.75. The highest BCUT2D eigenvalue weighted by molar-refractivity contribution is 5.81. The molecule has 4 nitrogen and oxygen atoms in total. The lowest BCUT2D eigenvalue weighted by Crippen LogP contribution is -2.12. The van der Waals surface area contributed by atoms with Crippen molar-refractivity contribution in [3.8, 4) is 0 Å². The van der Waals surface area contributed by atoms with Crippen molar-refractivity contribution in [3.05, 3.63) is 23.8 Å². The summed E-state index contributed by atoms with van der Waals surface area (Å²) in [4.78, 5) is 4.42. The van der Waals surface area contributed by atoms with Gasteiger partial charge in [0.2, 0.25) is 5.95 Å². The lowest BCUT2D eigenvalue weighted by atomic mass is 10.1. The van der Waals surface area contributed by atoms with Gasteiger partial charge >= 0.3 is 0 Å². The van der Waals surface area contributed by atoms with Gasteiger partial charge in [-0.3, -0.25) is 0 Å².